The molecule has 2 aromatic carbocycles. The van der Waals surface area contributed by atoms with Crippen molar-refractivity contribution >= 4 is 23.2 Å². The van der Waals surface area contributed by atoms with Gasteiger partial charge < -0.3 is 10.6 Å². The fourth-order valence-electron chi connectivity index (χ4n) is 2.70. The Morgan fingerprint density at radius 3 is 2.04 bits per heavy atom. The first kappa shape index (κ1) is 19.6. The molecular weight excluding hydrogens is 333 g/mol. The average molecular weight is 357 g/mol. The first-order valence-corrected chi connectivity index (χ1v) is 8.56. The molecule has 0 radical (unpaired) electrons. The lowest BCUT2D eigenvalue weighted by molar-refractivity contribution is -0.118. The molecule has 2 aromatic rings. The van der Waals surface area contributed by atoms with Crippen molar-refractivity contribution in [2.24, 2.45) is 0 Å². The minimum absolute atomic E-state index is 0.00603. The van der Waals surface area contributed by atoms with Gasteiger partial charge in [0.25, 0.3) is 0 Å². The number of benzene rings is 2. The number of hydrogen-bond acceptors (Lipinski definition) is 3. The number of likely N-dealkylation sites (N-methyl/N-ethyl adjacent to an activating group) is 1. The molecule has 0 aliphatic carbocycles. The van der Waals surface area contributed by atoms with Gasteiger partial charge in [-0.05, 0) is 55.4 Å². The van der Waals surface area contributed by atoms with Gasteiger partial charge in [-0.3, -0.25) is 14.5 Å². The molecule has 0 saturated carbocycles. The molecule has 2 rings (SSSR count). The second-order valence-corrected chi connectivity index (χ2v) is 6.10. The van der Waals surface area contributed by atoms with Crippen molar-refractivity contribution in [1.82, 2.24) is 4.90 Å². The third-order valence-corrected chi connectivity index (χ3v) is 4.14. The van der Waals surface area contributed by atoms with Crippen molar-refractivity contribution in [1.29, 1.82) is 0 Å². The number of carbonyl (C=O) groups excluding carboxylic acids is 2. The lowest BCUT2D eigenvalue weighted by Crippen LogP contribution is -2.35. The minimum atomic E-state index is -0.274. The Kier molecular flexibility index (Phi) is 6.86. The number of hydrogen-bond donors (Lipinski definition) is 2. The summed E-state index contributed by atoms with van der Waals surface area (Å²) in [6.45, 7) is 6.33. The maximum Gasteiger partial charge on any atom is 0.238 e. The second-order valence-electron chi connectivity index (χ2n) is 6.10. The van der Waals surface area contributed by atoms with Crippen LogP contribution in [0.2, 0.25) is 0 Å². The molecule has 138 valence electrons. The van der Waals surface area contributed by atoms with Gasteiger partial charge in [0.1, 0.15) is 5.82 Å². The number of rotatable bonds is 7. The minimum Gasteiger partial charge on any atom is -0.326 e. The summed E-state index contributed by atoms with van der Waals surface area (Å²) < 4.78 is 13.1. The van der Waals surface area contributed by atoms with Gasteiger partial charge >= 0.3 is 0 Å². The number of anilines is 2. The SMILES string of the molecule is CCN(CC(=O)Nc1ccc(NC(C)=O)cc1)C(C)c1ccc(F)cc1. The number of nitrogens with zero attached hydrogens (tertiary/aromatic N) is 1. The maximum atomic E-state index is 13.1. The van der Waals surface area contributed by atoms with Crippen molar-refractivity contribution in [3.63, 3.8) is 0 Å². The summed E-state index contributed by atoms with van der Waals surface area (Å²) in [4.78, 5) is 25.4. The quantitative estimate of drug-likeness (QED) is 0.792. The Labute approximate surface area is 153 Å². The van der Waals surface area contributed by atoms with Crippen LogP contribution in [0.4, 0.5) is 15.8 Å². The van der Waals surface area contributed by atoms with Gasteiger partial charge in [-0.15, -0.1) is 0 Å². The molecule has 0 aliphatic heterocycles. The molecule has 0 aliphatic rings. The third-order valence-electron chi connectivity index (χ3n) is 4.14. The molecule has 0 spiro atoms. The first-order valence-electron chi connectivity index (χ1n) is 8.56. The van der Waals surface area contributed by atoms with Crippen LogP contribution in [-0.2, 0) is 9.59 Å². The molecule has 0 fully saturated rings. The Bertz CT molecular complexity index is 745. The van der Waals surface area contributed by atoms with Crippen molar-refractivity contribution in [3.05, 3.63) is 59.9 Å². The molecule has 0 aromatic heterocycles. The van der Waals surface area contributed by atoms with Crippen molar-refractivity contribution in [3.8, 4) is 0 Å². The van der Waals surface area contributed by atoms with E-state index in [0.29, 0.717) is 17.9 Å². The molecule has 2 amide bonds. The van der Waals surface area contributed by atoms with E-state index < -0.39 is 0 Å². The van der Waals surface area contributed by atoms with E-state index in [-0.39, 0.29) is 30.2 Å². The highest BCUT2D eigenvalue weighted by atomic mass is 19.1. The Hall–Kier alpha value is -2.73. The summed E-state index contributed by atoms with van der Waals surface area (Å²) in [6, 6.07) is 13.3. The molecule has 0 bridgehead atoms. The number of amides is 2. The summed E-state index contributed by atoms with van der Waals surface area (Å²) in [5.74, 6) is -0.548. The van der Waals surface area contributed by atoms with Gasteiger partial charge in [0.2, 0.25) is 11.8 Å². The van der Waals surface area contributed by atoms with E-state index in [1.165, 1.54) is 19.1 Å². The maximum absolute atomic E-state index is 13.1. The predicted octanol–water partition coefficient (Wildman–Crippen LogP) is 3.81. The monoisotopic (exact) mass is 357 g/mol. The molecule has 26 heavy (non-hydrogen) atoms. The normalized spacial score (nSPS) is 11.9. The first-order chi connectivity index (χ1) is 12.4. The van der Waals surface area contributed by atoms with Gasteiger partial charge in [-0.2, -0.15) is 0 Å². The van der Waals surface area contributed by atoms with E-state index in [1.807, 2.05) is 18.7 Å². The highest BCUT2D eigenvalue weighted by Gasteiger charge is 2.17. The predicted molar refractivity (Wildman–Crippen MR) is 101 cm³/mol. The highest BCUT2D eigenvalue weighted by Crippen LogP contribution is 2.20. The molecule has 6 heteroatoms. The van der Waals surface area contributed by atoms with Gasteiger partial charge in [-0.25, -0.2) is 4.39 Å². The number of nitrogens with one attached hydrogen (secondary N) is 2. The van der Waals surface area contributed by atoms with E-state index in [0.717, 1.165) is 5.56 Å². The Balaban J connectivity index is 1.96. The summed E-state index contributed by atoms with van der Waals surface area (Å²) in [6.07, 6.45) is 0. The lowest BCUT2D eigenvalue weighted by Gasteiger charge is -2.27. The summed E-state index contributed by atoms with van der Waals surface area (Å²) in [5.41, 5.74) is 2.30. The van der Waals surface area contributed by atoms with Crippen LogP contribution in [0.5, 0.6) is 0 Å². The van der Waals surface area contributed by atoms with E-state index in [9.17, 15) is 14.0 Å². The van der Waals surface area contributed by atoms with Crippen LogP contribution in [-0.4, -0.2) is 29.8 Å². The van der Waals surface area contributed by atoms with Gasteiger partial charge in [0.05, 0.1) is 6.54 Å². The Morgan fingerprint density at radius 1 is 1.00 bits per heavy atom. The van der Waals surface area contributed by atoms with E-state index in [4.69, 9.17) is 0 Å². The smallest absolute Gasteiger partial charge is 0.238 e. The second kappa shape index (κ2) is 9.10. The number of halogens is 1. The van der Waals surface area contributed by atoms with Gasteiger partial charge in [-0.1, -0.05) is 19.1 Å². The van der Waals surface area contributed by atoms with Crippen molar-refractivity contribution in [2.45, 2.75) is 26.8 Å². The highest BCUT2D eigenvalue weighted by molar-refractivity contribution is 5.93. The summed E-state index contributed by atoms with van der Waals surface area (Å²) in [7, 11) is 0. The van der Waals surface area contributed by atoms with Crippen LogP contribution in [0.3, 0.4) is 0 Å². The standard InChI is InChI=1S/C20H24FN3O2/c1-4-24(14(2)16-5-7-17(21)8-6-16)13-20(26)23-19-11-9-18(10-12-19)22-15(3)25/h5-12,14H,4,13H2,1-3H3,(H,22,25)(H,23,26). The fourth-order valence-corrected chi connectivity index (χ4v) is 2.70. The third kappa shape index (κ3) is 5.67. The van der Waals surface area contributed by atoms with Crippen LogP contribution in [0.1, 0.15) is 32.4 Å². The largest absolute Gasteiger partial charge is 0.326 e. The van der Waals surface area contributed by atoms with E-state index in [1.54, 1.807) is 36.4 Å². The summed E-state index contributed by atoms with van der Waals surface area (Å²) in [5, 5.41) is 5.53. The van der Waals surface area contributed by atoms with Crippen LogP contribution < -0.4 is 10.6 Å². The number of carbonyl (C=O) groups is 2. The van der Waals surface area contributed by atoms with Crippen LogP contribution in [0.15, 0.2) is 48.5 Å². The molecule has 5 nitrogen and oxygen atoms in total. The zero-order valence-corrected chi connectivity index (χ0v) is 15.3. The van der Waals surface area contributed by atoms with Crippen molar-refractivity contribution in [2.75, 3.05) is 23.7 Å². The van der Waals surface area contributed by atoms with E-state index in [2.05, 4.69) is 10.6 Å². The van der Waals surface area contributed by atoms with Crippen LogP contribution in [0, 0.1) is 5.82 Å². The molecule has 1 unspecified atom stereocenters. The molecular formula is C20H24FN3O2. The fraction of sp³-hybridized carbons (Fsp3) is 0.300. The average Bonchev–Trinajstić information content (AvgIpc) is 2.61. The molecule has 2 N–H and O–H groups in total. The lowest BCUT2D eigenvalue weighted by atomic mass is 10.1. The van der Waals surface area contributed by atoms with E-state index >= 15 is 0 Å². The zero-order chi connectivity index (χ0) is 19.1. The molecule has 0 saturated heterocycles. The van der Waals surface area contributed by atoms with Gasteiger partial charge in [0.15, 0.2) is 0 Å². The molecule has 0 heterocycles. The topological polar surface area (TPSA) is 61.4 Å². The van der Waals surface area contributed by atoms with Crippen LogP contribution >= 0.6 is 0 Å². The summed E-state index contributed by atoms with van der Waals surface area (Å²) >= 11 is 0. The van der Waals surface area contributed by atoms with Crippen LogP contribution in [0.25, 0.3) is 0 Å². The van der Waals surface area contributed by atoms with Gasteiger partial charge in [0, 0.05) is 24.3 Å². The zero-order valence-electron chi connectivity index (χ0n) is 15.3. The molecule has 1 atom stereocenters. The van der Waals surface area contributed by atoms with Crippen molar-refractivity contribution < 1.29 is 14.0 Å². The Morgan fingerprint density at radius 2 is 1.54 bits per heavy atom.